The first-order valence-corrected chi connectivity index (χ1v) is 14.3. The topological polar surface area (TPSA) is 94.9 Å². The number of anilines is 1. The molecule has 0 aliphatic carbocycles. The molecule has 0 unspecified atom stereocenters. The average molecular weight is 587 g/mol. The van der Waals surface area contributed by atoms with E-state index >= 15 is 0 Å². The molecule has 214 valence electrons. The molecule has 2 heterocycles. The van der Waals surface area contributed by atoms with Crippen LogP contribution < -0.4 is 19.7 Å². The number of halogens is 1. The summed E-state index contributed by atoms with van der Waals surface area (Å²) in [6.07, 6.45) is 0. The van der Waals surface area contributed by atoms with E-state index in [-0.39, 0.29) is 29.4 Å². The normalized spacial score (nSPS) is 15.4. The van der Waals surface area contributed by atoms with Gasteiger partial charge < -0.3 is 19.5 Å². The van der Waals surface area contributed by atoms with Crippen LogP contribution in [0.1, 0.15) is 42.8 Å². The van der Waals surface area contributed by atoms with E-state index < -0.39 is 5.41 Å². The fourth-order valence-electron chi connectivity index (χ4n) is 4.65. The van der Waals surface area contributed by atoms with Crippen LogP contribution in [-0.2, 0) is 19.7 Å². The van der Waals surface area contributed by atoms with E-state index in [9.17, 15) is 9.59 Å². The van der Waals surface area contributed by atoms with Gasteiger partial charge in [-0.15, -0.1) is 11.8 Å². The highest BCUT2D eigenvalue weighted by Crippen LogP contribution is 2.51. The van der Waals surface area contributed by atoms with Crippen LogP contribution in [0.5, 0.6) is 11.5 Å². The third-order valence-corrected chi connectivity index (χ3v) is 8.09. The predicted molar refractivity (Wildman–Crippen MR) is 158 cm³/mol. The standard InChI is InChI=1S/C29H35ClN4O5S/c1-29(2,3)27-25-26(19-15-18(38-5)11-12-22(19)39-6)40-17-24(36)33(16-23(35)31-13-14-37-4)28(25)34(32-27)21-10-8-7-9-20(21)30/h7-12,15,26H,13-14,16-17H2,1-6H3,(H,31,35)/t26-/m0/s1. The number of carbonyl (C=O) groups excluding carboxylic acids is 2. The minimum Gasteiger partial charge on any atom is -0.497 e. The van der Waals surface area contributed by atoms with E-state index in [1.54, 1.807) is 32.1 Å². The molecule has 0 saturated heterocycles. The minimum absolute atomic E-state index is 0.136. The van der Waals surface area contributed by atoms with Gasteiger partial charge in [-0.25, -0.2) is 4.68 Å². The Morgan fingerprint density at radius 3 is 2.55 bits per heavy atom. The molecule has 2 amide bonds. The van der Waals surface area contributed by atoms with Crippen LogP contribution in [0, 0.1) is 0 Å². The third kappa shape index (κ3) is 6.09. The summed E-state index contributed by atoms with van der Waals surface area (Å²) in [5, 5.41) is 8.03. The summed E-state index contributed by atoms with van der Waals surface area (Å²) in [4.78, 5) is 28.4. The number of rotatable bonds is 9. The molecular formula is C29H35ClN4O5S. The Morgan fingerprint density at radius 2 is 1.90 bits per heavy atom. The lowest BCUT2D eigenvalue weighted by atomic mass is 9.87. The molecule has 0 radical (unpaired) electrons. The zero-order valence-electron chi connectivity index (χ0n) is 23.6. The molecule has 11 heteroatoms. The molecule has 1 atom stereocenters. The van der Waals surface area contributed by atoms with Crippen molar-refractivity contribution in [2.75, 3.05) is 51.7 Å². The fraction of sp³-hybridized carbons (Fsp3) is 0.414. The van der Waals surface area contributed by atoms with Gasteiger partial charge in [-0.1, -0.05) is 44.5 Å². The van der Waals surface area contributed by atoms with Crippen LogP contribution >= 0.6 is 23.4 Å². The molecule has 1 N–H and O–H groups in total. The van der Waals surface area contributed by atoms with E-state index in [2.05, 4.69) is 26.1 Å². The van der Waals surface area contributed by atoms with Gasteiger partial charge in [-0.05, 0) is 30.3 Å². The number of benzene rings is 2. The van der Waals surface area contributed by atoms with Crippen molar-refractivity contribution in [2.24, 2.45) is 0 Å². The SMILES string of the molecule is COCCNC(=O)CN1C(=O)CS[C@@H](c2cc(OC)ccc2OC)c2c(C(C)(C)C)nn(-c3ccccc3Cl)c21. The van der Waals surface area contributed by atoms with E-state index in [4.69, 9.17) is 30.9 Å². The average Bonchev–Trinajstić information content (AvgIpc) is 3.26. The number of aromatic nitrogens is 2. The Labute approximate surface area is 244 Å². The highest BCUT2D eigenvalue weighted by Gasteiger charge is 2.41. The van der Waals surface area contributed by atoms with E-state index in [0.29, 0.717) is 41.2 Å². The van der Waals surface area contributed by atoms with Crippen LogP contribution in [0.4, 0.5) is 5.82 Å². The second-order valence-electron chi connectivity index (χ2n) is 10.3. The summed E-state index contributed by atoms with van der Waals surface area (Å²) < 4.78 is 18.1. The van der Waals surface area contributed by atoms with E-state index in [1.807, 2.05) is 36.4 Å². The minimum atomic E-state index is -0.415. The molecule has 0 fully saturated rings. The molecule has 2 aromatic carbocycles. The van der Waals surface area contributed by atoms with Crippen LogP contribution in [0.3, 0.4) is 0 Å². The first kappa shape index (κ1) is 29.8. The van der Waals surface area contributed by atoms with E-state index in [1.165, 1.54) is 16.7 Å². The summed E-state index contributed by atoms with van der Waals surface area (Å²) in [7, 11) is 4.80. The monoisotopic (exact) mass is 586 g/mol. The largest absolute Gasteiger partial charge is 0.497 e. The second kappa shape index (κ2) is 12.5. The Bertz CT molecular complexity index is 1390. The molecule has 1 aliphatic heterocycles. The number of methoxy groups -OCH3 is 3. The van der Waals surface area contributed by atoms with Crippen molar-refractivity contribution < 1.29 is 23.8 Å². The number of amides is 2. The lowest BCUT2D eigenvalue weighted by Gasteiger charge is -2.25. The summed E-state index contributed by atoms with van der Waals surface area (Å²) in [6, 6.07) is 13.0. The van der Waals surface area contributed by atoms with Gasteiger partial charge in [0.25, 0.3) is 0 Å². The lowest BCUT2D eigenvalue weighted by Crippen LogP contribution is -2.43. The molecular weight excluding hydrogens is 552 g/mol. The Hall–Kier alpha value is -3.21. The first-order chi connectivity index (χ1) is 19.1. The number of hydrogen-bond donors (Lipinski definition) is 1. The Balaban J connectivity index is 2.02. The Kier molecular flexibility index (Phi) is 9.33. The highest BCUT2D eigenvalue weighted by atomic mass is 35.5. The van der Waals surface area contributed by atoms with Gasteiger partial charge in [0.15, 0.2) is 0 Å². The van der Waals surface area contributed by atoms with Crippen molar-refractivity contribution in [3.05, 3.63) is 64.3 Å². The molecule has 40 heavy (non-hydrogen) atoms. The summed E-state index contributed by atoms with van der Waals surface area (Å²) in [5.74, 6) is 1.45. The smallest absolute Gasteiger partial charge is 0.240 e. The second-order valence-corrected chi connectivity index (χ2v) is 11.8. The quantitative estimate of drug-likeness (QED) is 0.361. The molecule has 0 saturated carbocycles. The fourth-order valence-corrected chi connectivity index (χ4v) is 6.07. The Morgan fingerprint density at radius 1 is 1.15 bits per heavy atom. The van der Waals surface area contributed by atoms with Gasteiger partial charge in [0.2, 0.25) is 11.8 Å². The van der Waals surface area contributed by atoms with Gasteiger partial charge in [-0.2, -0.15) is 5.10 Å². The number of thioether (sulfide) groups is 1. The summed E-state index contributed by atoms with van der Waals surface area (Å²) >= 11 is 8.15. The maximum atomic E-state index is 13.8. The van der Waals surface area contributed by atoms with Crippen molar-refractivity contribution in [3.8, 4) is 17.2 Å². The highest BCUT2D eigenvalue weighted by molar-refractivity contribution is 8.00. The number of nitrogens with one attached hydrogen (secondary N) is 1. The molecule has 1 aliphatic rings. The molecule has 0 spiro atoms. The zero-order chi connectivity index (χ0) is 29.0. The summed E-state index contributed by atoms with van der Waals surface area (Å²) in [5.41, 5.74) is 2.64. The number of fused-ring (bicyclic) bond motifs is 1. The number of ether oxygens (including phenoxy) is 3. The van der Waals surface area contributed by atoms with Crippen LogP contribution in [0.25, 0.3) is 5.69 Å². The van der Waals surface area contributed by atoms with Gasteiger partial charge >= 0.3 is 0 Å². The molecule has 9 nitrogen and oxygen atoms in total. The van der Waals surface area contributed by atoms with Gasteiger partial charge in [0.05, 0.1) is 48.2 Å². The third-order valence-electron chi connectivity index (χ3n) is 6.53. The molecule has 0 bridgehead atoms. The number of para-hydroxylation sites is 1. The molecule has 4 rings (SSSR count). The molecule has 1 aromatic heterocycles. The van der Waals surface area contributed by atoms with Crippen LogP contribution in [0.2, 0.25) is 5.02 Å². The van der Waals surface area contributed by atoms with Crippen molar-refractivity contribution >= 4 is 41.0 Å². The van der Waals surface area contributed by atoms with Crippen molar-refractivity contribution in [3.63, 3.8) is 0 Å². The maximum absolute atomic E-state index is 13.8. The van der Waals surface area contributed by atoms with Crippen molar-refractivity contribution in [1.82, 2.24) is 15.1 Å². The van der Waals surface area contributed by atoms with Gasteiger partial charge in [0.1, 0.15) is 23.9 Å². The zero-order valence-corrected chi connectivity index (χ0v) is 25.2. The van der Waals surface area contributed by atoms with Gasteiger partial charge in [-0.3, -0.25) is 14.5 Å². The number of carbonyl (C=O) groups is 2. The maximum Gasteiger partial charge on any atom is 0.240 e. The number of hydrogen-bond acceptors (Lipinski definition) is 7. The predicted octanol–water partition coefficient (Wildman–Crippen LogP) is 4.77. The van der Waals surface area contributed by atoms with Crippen molar-refractivity contribution in [2.45, 2.75) is 31.4 Å². The first-order valence-electron chi connectivity index (χ1n) is 12.9. The van der Waals surface area contributed by atoms with Crippen molar-refractivity contribution in [1.29, 1.82) is 0 Å². The van der Waals surface area contributed by atoms with Crippen LogP contribution in [0.15, 0.2) is 42.5 Å². The van der Waals surface area contributed by atoms with E-state index in [0.717, 1.165) is 16.8 Å². The van der Waals surface area contributed by atoms with Crippen LogP contribution in [-0.4, -0.2) is 68.4 Å². The number of nitrogens with zero attached hydrogens (tertiary/aromatic N) is 3. The lowest BCUT2D eigenvalue weighted by molar-refractivity contribution is -0.123. The van der Waals surface area contributed by atoms with Gasteiger partial charge in [0, 0.05) is 30.2 Å². The molecule has 3 aromatic rings. The summed E-state index contributed by atoms with van der Waals surface area (Å²) in [6.45, 7) is 6.74.